The number of aryl methyl sites for hydroxylation is 1. The Kier molecular flexibility index (Phi) is 4.46. The average Bonchev–Trinajstić information content (AvgIpc) is 2.57. The van der Waals surface area contributed by atoms with E-state index in [9.17, 15) is 0 Å². The van der Waals surface area contributed by atoms with Gasteiger partial charge >= 0.3 is 0 Å². The quantitative estimate of drug-likeness (QED) is 0.611. The lowest BCUT2D eigenvalue weighted by Crippen LogP contribution is -1.88. The molecule has 0 bridgehead atoms. The minimum Gasteiger partial charge on any atom is -0.379 e. The lowest BCUT2D eigenvalue weighted by molar-refractivity contribution is 0.233. The molecule has 3 nitrogen and oxygen atoms in total. The second kappa shape index (κ2) is 5.77. The largest absolute Gasteiger partial charge is 0.379 e. The van der Waals surface area contributed by atoms with Crippen LogP contribution in [0.5, 0.6) is 0 Å². The molecule has 0 aliphatic heterocycles. The van der Waals surface area contributed by atoms with E-state index in [0.717, 1.165) is 38.1 Å². The van der Waals surface area contributed by atoms with Gasteiger partial charge in [0.25, 0.3) is 0 Å². The molecule has 3 heteroatoms. The van der Waals surface area contributed by atoms with Crippen LogP contribution in [0.3, 0.4) is 0 Å². The van der Waals surface area contributed by atoms with Crippen LogP contribution >= 0.6 is 0 Å². The Morgan fingerprint density at radius 3 is 3.00 bits per heavy atom. The number of ether oxygens (including phenoxy) is 1. The molecule has 12 heavy (non-hydrogen) atoms. The zero-order valence-corrected chi connectivity index (χ0v) is 7.16. The molecule has 1 heterocycles. The number of hydrogen-bond donors (Lipinski definition) is 0. The zero-order valence-electron chi connectivity index (χ0n) is 7.16. The third-order valence-electron chi connectivity index (χ3n) is 1.70. The molecule has 1 radical (unpaired) electrons. The van der Waals surface area contributed by atoms with E-state index in [1.165, 1.54) is 0 Å². The summed E-state index contributed by atoms with van der Waals surface area (Å²) < 4.78 is 9.64. The molecule has 0 aromatic carbocycles. The second-order valence-corrected chi connectivity index (χ2v) is 2.70. The third kappa shape index (κ3) is 3.53. The van der Waals surface area contributed by atoms with Crippen LogP contribution in [0, 0.1) is 7.11 Å². The Bertz CT molecular complexity index is 184. The van der Waals surface area contributed by atoms with Crippen LogP contribution < -0.4 is 0 Å². The third-order valence-corrected chi connectivity index (χ3v) is 1.70. The molecule has 0 atom stereocenters. The predicted octanol–water partition coefficient (Wildman–Crippen LogP) is 2.20. The first-order valence-electron chi connectivity index (χ1n) is 4.20. The van der Waals surface area contributed by atoms with Gasteiger partial charge in [-0.2, -0.15) is 0 Å². The van der Waals surface area contributed by atoms with Crippen LogP contribution in [0.2, 0.25) is 0 Å². The van der Waals surface area contributed by atoms with Gasteiger partial charge in [-0.25, -0.2) is 0 Å². The van der Waals surface area contributed by atoms with Crippen molar-refractivity contribution >= 4 is 0 Å². The summed E-state index contributed by atoms with van der Waals surface area (Å²) in [5.41, 5.74) is 0. The van der Waals surface area contributed by atoms with E-state index in [1.807, 2.05) is 6.07 Å². The Balaban J connectivity index is 1.96. The van der Waals surface area contributed by atoms with Gasteiger partial charge in [0.15, 0.2) is 0 Å². The SMILES string of the molecule is [CH2]OCCCCCc1ccno1. The van der Waals surface area contributed by atoms with Gasteiger partial charge in [0.1, 0.15) is 5.76 Å². The van der Waals surface area contributed by atoms with Gasteiger partial charge in [0.05, 0.1) is 13.3 Å². The number of aromatic nitrogens is 1. The fourth-order valence-corrected chi connectivity index (χ4v) is 1.05. The van der Waals surface area contributed by atoms with Gasteiger partial charge in [-0.3, -0.25) is 0 Å². The van der Waals surface area contributed by atoms with Crippen molar-refractivity contribution in [2.24, 2.45) is 0 Å². The van der Waals surface area contributed by atoms with Crippen LogP contribution in [-0.4, -0.2) is 11.8 Å². The summed E-state index contributed by atoms with van der Waals surface area (Å²) in [5, 5.41) is 3.63. The van der Waals surface area contributed by atoms with Crippen LogP contribution in [0.4, 0.5) is 0 Å². The van der Waals surface area contributed by atoms with Gasteiger partial charge in [-0.05, 0) is 12.8 Å². The number of nitrogens with zero attached hydrogens (tertiary/aromatic N) is 1. The summed E-state index contributed by atoms with van der Waals surface area (Å²) in [7, 11) is 3.30. The average molecular weight is 168 g/mol. The summed E-state index contributed by atoms with van der Waals surface area (Å²) >= 11 is 0. The second-order valence-electron chi connectivity index (χ2n) is 2.70. The molecule has 67 valence electrons. The van der Waals surface area contributed by atoms with Crippen molar-refractivity contribution in [3.05, 3.63) is 25.1 Å². The molecule has 1 aromatic heterocycles. The van der Waals surface area contributed by atoms with Crippen molar-refractivity contribution in [3.63, 3.8) is 0 Å². The van der Waals surface area contributed by atoms with Crippen molar-refractivity contribution in [1.29, 1.82) is 0 Å². The van der Waals surface area contributed by atoms with E-state index < -0.39 is 0 Å². The molecule has 0 amide bonds. The zero-order chi connectivity index (χ0) is 8.65. The molecule has 0 spiro atoms. The summed E-state index contributed by atoms with van der Waals surface area (Å²) in [6.07, 6.45) is 5.98. The molecule has 0 saturated carbocycles. The van der Waals surface area contributed by atoms with Crippen LogP contribution in [0.25, 0.3) is 0 Å². The fourth-order valence-electron chi connectivity index (χ4n) is 1.05. The highest BCUT2D eigenvalue weighted by molar-refractivity contribution is 4.92. The first kappa shape index (κ1) is 9.26. The molecule has 0 unspecified atom stereocenters. The smallest absolute Gasteiger partial charge is 0.136 e. The molecule has 0 aliphatic rings. The minimum absolute atomic E-state index is 0.746. The molecule has 0 N–H and O–H groups in total. The van der Waals surface area contributed by atoms with Gasteiger partial charge < -0.3 is 9.26 Å². The fraction of sp³-hybridized carbons (Fsp3) is 0.556. The summed E-state index contributed by atoms with van der Waals surface area (Å²) in [6.45, 7) is 0.746. The molecule has 1 rings (SSSR count). The van der Waals surface area contributed by atoms with Crippen molar-refractivity contribution in [2.45, 2.75) is 25.7 Å². The van der Waals surface area contributed by atoms with E-state index in [0.29, 0.717) is 0 Å². The lowest BCUT2D eigenvalue weighted by atomic mass is 10.2. The van der Waals surface area contributed by atoms with E-state index in [2.05, 4.69) is 12.3 Å². The highest BCUT2D eigenvalue weighted by atomic mass is 16.5. The monoisotopic (exact) mass is 168 g/mol. The molecule has 0 fully saturated rings. The van der Waals surface area contributed by atoms with Crippen molar-refractivity contribution in [2.75, 3.05) is 6.61 Å². The molecular formula is C9H14NO2. The van der Waals surface area contributed by atoms with Gasteiger partial charge in [-0.15, -0.1) is 0 Å². The van der Waals surface area contributed by atoms with Gasteiger partial charge in [0.2, 0.25) is 0 Å². The molecule has 0 saturated heterocycles. The molecule has 1 aromatic rings. The van der Waals surface area contributed by atoms with Crippen molar-refractivity contribution in [3.8, 4) is 0 Å². The summed E-state index contributed by atoms with van der Waals surface area (Å²) in [4.78, 5) is 0. The highest BCUT2D eigenvalue weighted by Crippen LogP contribution is 2.05. The number of unbranched alkanes of at least 4 members (excludes halogenated alkanes) is 2. The maximum absolute atomic E-state index is 4.95. The van der Waals surface area contributed by atoms with Gasteiger partial charge in [0, 0.05) is 19.1 Å². The molecule has 0 aliphatic carbocycles. The first-order chi connectivity index (χ1) is 5.93. The topological polar surface area (TPSA) is 35.3 Å². The Morgan fingerprint density at radius 2 is 2.33 bits per heavy atom. The highest BCUT2D eigenvalue weighted by Gasteiger charge is 1.95. The number of rotatable bonds is 6. The molecular weight excluding hydrogens is 154 g/mol. The van der Waals surface area contributed by atoms with Gasteiger partial charge in [-0.1, -0.05) is 11.6 Å². The Hall–Kier alpha value is -0.830. The van der Waals surface area contributed by atoms with Crippen molar-refractivity contribution < 1.29 is 9.26 Å². The predicted molar refractivity (Wildman–Crippen MR) is 45.4 cm³/mol. The maximum Gasteiger partial charge on any atom is 0.136 e. The van der Waals surface area contributed by atoms with Crippen molar-refractivity contribution in [1.82, 2.24) is 5.16 Å². The summed E-state index contributed by atoms with van der Waals surface area (Å²) in [6, 6.07) is 1.90. The standard InChI is InChI=1S/C9H14NO2/c1-11-8-4-2-3-5-9-6-7-10-12-9/h6-7H,1-5,8H2. The van der Waals surface area contributed by atoms with Crippen LogP contribution in [0.15, 0.2) is 16.8 Å². The Morgan fingerprint density at radius 1 is 1.42 bits per heavy atom. The van der Waals surface area contributed by atoms with E-state index >= 15 is 0 Å². The first-order valence-corrected chi connectivity index (χ1v) is 4.20. The van der Waals surface area contributed by atoms with E-state index in [4.69, 9.17) is 9.26 Å². The lowest BCUT2D eigenvalue weighted by Gasteiger charge is -1.97. The van der Waals surface area contributed by atoms with E-state index in [1.54, 1.807) is 6.20 Å². The maximum atomic E-state index is 4.95. The Labute approximate surface area is 72.7 Å². The normalized spacial score (nSPS) is 10.4. The van der Waals surface area contributed by atoms with Crippen LogP contribution in [-0.2, 0) is 11.2 Å². The van der Waals surface area contributed by atoms with Crippen LogP contribution in [0.1, 0.15) is 25.0 Å². The number of hydrogen-bond acceptors (Lipinski definition) is 3. The van der Waals surface area contributed by atoms with E-state index in [-0.39, 0.29) is 0 Å². The minimum atomic E-state index is 0.746. The summed E-state index contributed by atoms with van der Waals surface area (Å²) in [5.74, 6) is 0.963.